The summed E-state index contributed by atoms with van der Waals surface area (Å²) in [6.45, 7) is 3.88. The van der Waals surface area contributed by atoms with Gasteiger partial charge in [-0.15, -0.1) is 0 Å². The zero-order valence-electron chi connectivity index (χ0n) is 5.76. The molecule has 0 amide bonds. The van der Waals surface area contributed by atoms with Gasteiger partial charge in [-0.2, -0.15) is 5.26 Å². The van der Waals surface area contributed by atoms with Crippen LogP contribution in [-0.2, 0) is 0 Å². The highest BCUT2D eigenvalue weighted by Gasteiger charge is 1.98. The number of hydrogen-bond acceptors (Lipinski definition) is 2. The van der Waals surface area contributed by atoms with Crippen molar-refractivity contribution in [2.24, 2.45) is 5.92 Å². The van der Waals surface area contributed by atoms with E-state index in [1.165, 1.54) is 6.08 Å². The van der Waals surface area contributed by atoms with Crippen LogP contribution < -0.4 is 0 Å². The van der Waals surface area contributed by atoms with E-state index in [1.807, 2.05) is 19.9 Å². The summed E-state index contributed by atoms with van der Waals surface area (Å²) >= 11 is 0. The fourth-order valence-electron chi connectivity index (χ4n) is 0.478. The molecule has 0 aliphatic rings. The van der Waals surface area contributed by atoms with Gasteiger partial charge >= 0.3 is 0 Å². The highest BCUT2D eigenvalue weighted by Crippen LogP contribution is 2.06. The molecule has 0 atom stereocenters. The molecule has 0 saturated carbocycles. The predicted octanol–water partition coefficient (Wildman–Crippen LogP) is 1.08. The van der Waals surface area contributed by atoms with Crippen LogP contribution in [0.5, 0.6) is 0 Å². The number of nitrogens with zero attached hydrogens (tertiary/aromatic N) is 1. The molecule has 0 unspecified atom stereocenters. The second kappa shape index (κ2) is 4.11. The maximum atomic E-state index is 8.61. The van der Waals surface area contributed by atoms with Crippen molar-refractivity contribution in [2.75, 3.05) is 6.61 Å². The molecule has 0 heterocycles. The summed E-state index contributed by atoms with van der Waals surface area (Å²) in [5.41, 5.74) is 0.789. The van der Waals surface area contributed by atoms with Crippen LogP contribution in [0.25, 0.3) is 0 Å². The molecule has 2 heteroatoms. The SMILES string of the molecule is CC(C)/C(=C\C#N)CO. The minimum absolute atomic E-state index is 0.00870. The molecule has 0 spiro atoms. The molecular formula is C7H11NO. The molecule has 0 aliphatic carbocycles. The first-order valence-electron chi connectivity index (χ1n) is 2.91. The Labute approximate surface area is 55.4 Å². The van der Waals surface area contributed by atoms with E-state index in [2.05, 4.69) is 0 Å². The lowest BCUT2D eigenvalue weighted by Gasteiger charge is -2.03. The fourth-order valence-corrected chi connectivity index (χ4v) is 0.478. The van der Waals surface area contributed by atoms with Gasteiger partial charge in [-0.1, -0.05) is 13.8 Å². The van der Waals surface area contributed by atoms with Gasteiger partial charge in [-0.25, -0.2) is 0 Å². The van der Waals surface area contributed by atoms with E-state index in [1.54, 1.807) is 0 Å². The van der Waals surface area contributed by atoms with Gasteiger partial charge in [0.05, 0.1) is 12.7 Å². The first-order chi connectivity index (χ1) is 4.22. The third-order valence-corrected chi connectivity index (χ3v) is 1.17. The van der Waals surface area contributed by atoms with E-state index in [0.29, 0.717) is 0 Å². The van der Waals surface area contributed by atoms with E-state index in [4.69, 9.17) is 10.4 Å². The van der Waals surface area contributed by atoms with Crippen molar-refractivity contribution in [3.63, 3.8) is 0 Å². The standard InChI is InChI=1S/C7H11NO/c1-6(2)7(5-9)3-4-8/h3,6,9H,5H2,1-2H3/b7-3-. The Morgan fingerprint density at radius 3 is 2.44 bits per heavy atom. The topological polar surface area (TPSA) is 44.0 Å². The summed E-state index contributed by atoms with van der Waals surface area (Å²) in [6, 6.07) is 1.88. The van der Waals surface area contributed by atoms with Crippen molar-refractivity contribution in [1.29, 1.82) is 5.26 Å². The van der Waals surface area contributed by atoms with Crippen LogP contribution in [0.2, 0.25) is 0 Å². The molecule has 0 saturated heterocycles. The van der Waals surface area contributed by atoms with Crippen molar-refractivity contribution in [3.05, 3.63) is 11.6 Å². The molecule has 9 heavy (non-hydrogen) atoms. The number of hydrogen-bond donors (Lipinski definition) is 1. The monoisotopic (exact) mass is 125 g/mol. The molecule has 0 aromatic carbocycles. The largest absolute Gasteiger partial charge is 0.392 e. The van der Waals surface area contributed by atoms with E-state index >= 15 is 0 Å². The Kier molecular flexibility index (Phi) is 3.74. The number of nitriles is 1. The lowest BCUT2D eigenvalue weighted by molar-refractivity contribution is 0.319. The molecule has 0 aliphatic heterocycles. The molecule has 50 valence electrons. The van der Waals surface area contributed by atoms with Crippen molar-refractivity contribution >= 4 is 0 Å². The summed E-state index contributed by atoms with van der Waals surface area (Å²) in [4.78, 5) is 0. The van der Waals surface area contributed by atoms with Crippen molar-refractivity contribution in [3.8, 4) is 6.07 Å². The van der Waals surface area contributed by atoms with Crippen LogP contribution in [0.4, 0.5) is 0 Å². The summed E-state index contributed by atoms with van der Waals surface area (Å²) in [7, 11) is 0. The molecule has 0 aromatic rings. The second-order valence-corrected chi connectivity index (χ2v) is 2.16. The van der Waals surface area contributed by atoms with Crippen LogP contribution in [0, 0.1) is 17.2 Å². The van der Waals surface area contributed by atoms with E-state index < -0.39 is 0 Å². The number of allylic oxidation sites excluding steroid dienone is 1. The van der Waals surface area contributed by atoms with Gasteiger partial charge in [-0.3, -0.25) is 0 Å². The molecule has 0 bridgehead atoms. The van der Waals surface area contributed by atoms with E-state index in [9.17, 15) is 0 Å². The Morgan fingerprint density at radius 1 is 1.78 bits per heavy atom. The van der Waals surface area contributed by atoms with Crippen molar-refractivity contribution in [2.45, 2.75) is 13.8 Å². The zero-order valence-corrected chi connectivity index (χ0v) is 5.76. The third kappa shape index (κ3) is 2.89. The average molecular weight is 125 g/mol. The summed E-state index contributed by atoms with van der Waals surface area (Å²) in [5, 5.41) is 16.8. The minimum Gasteiger partial charge on any atom is -0.392 e. The van der Waals surface area contributed by atoms with Gasteiger partial charge in [0, 0.05) is 6.08 Å². The van der Waals surface area contributed by atoms with Gasteiger partial charge in [0.25, 0.3) is 0 Å². The predicted molar refractivity (Wildman–Crippen MR) is 35.6 cm³/mol. The number of aliphatic hydroxyl groups is 1. The molecule has 0 radical (unpaired) electrons. The fraction of sp³-hybridized carbons (Fsp3) is 0.571. The Hall–Kier alpha value is -0.810. The highest BCUT2D eigenvalue weighted by molar-refractivity contribution is 5.15. The normalized spacial score (nSPS) is 11.7. The summed E-state index contributed by atoms with van der Waals surface area (Å²) < 4.78 is 0. The van der Waals surface area contributed by atoms with Gasteiger partial charge in [0.15, 0.2) is 0 Å². The minimum atomic E-state index is -0.00870. The van der Waals surface area contributed by atoms with Crippen LogP contribution in [0.3, 0.4) is 0 Å². The Morgan fingerprint density at radius 2 is 2.33 bits per heavy atom. The molecule has 0 rings (SSSR count). The van der Waals surface area contributed by atoms with Crippen LogP contribution >= 0.6 is 0 Å². The first kappa shape index (κ1) is 8.19. The maximum absolute atomic E-state index is 8.61. The maximum Gasteiger partial charge on any atom is 0.0912 e. The lowest BCUT2D eigenvalue weighted by Crippen LogP contribution is -1.98. The zero-order chi connectivity index (χ0) is 7.28. The molecule has 0 fully saturated rings. The van der Waals surface area contributed by atoms with Crippen LogP contribution in [-0.4, -0.2) is 11.7 Å². The Bertz CT molecular complexity index is 141. The lowest BCUT2D eigenvalue weighted by atomic mass is 10.0. The quantitative estimate of drug-likeness (QED) is 0.561. The summed E-state index contributed by atoms with van der Waals surface area (Å²) in [5.74, 6) is 0.273. The van der Waals surface area contributed by atoms with Crippen LogP contribution in [0.1, 0.15) is 13.8 Å². The van der Waals surface area contributed by atoms with E-state index in [-0.39, 0.29) is 12.5 Å². The Balaban J connectivity index is 4.02. The number of rotatable bonds is 2. The van der Waals surface area contributed by atoms with Gasteiger partial charge in [0.1, 0.15) is 0 Å². The van der Waals surface area contributed by atoms with Crippen molar-refractivity contribution < 1.29 is 5.11 Å². The molecule has 2 nitrogen and oxygen atoms in total. The first-order valence-corrected chi connectivity index (χ1v) is 2.91. The van der Waals surface area contributed by atoms with Crippen LogP contribution in [0.15, 0.2) is 11.6 Å². The third-order valence-electron chi connectivity index (χ3n) is 1.17. The van der Waals surface area contributed by atoms with Crippen molar-refractivity contribution in [1.82, 2.24) is 0 Å². The van der Waals surface area contributed by atoms with Gasteiger partial charge in [-0.05, 0) is 11.5 Å². The average Bonchev–Trinajstić information content (AvgIpc) is 1.82. The molecule has 0 aromatic heterocycles. The van der Waals surface area contributed by atoms with Gasteiger partial charge < -0.3 is 5.11 Å². The second-order valence-electron chi connectivity index (χ2n) is 2.16. The number of aliphatic hydroxyl groups excluding tert-OH is 1. The molecular weight excluding hydrogens is 114 g/mol. The smallest absolute Gasteiger partial charge is 0.0912 e. The van der Waals surface area contributed by atoms with Gasteiger partial charge in [0.2, 0.25) is 0 Å². The van der Waals surface area contributed by atoms with E-state index in [0.717, 1.165) is 5.57 Å². The summed E-state index contributed by atoms with van der Waals surface area (Å²) in [6.07, 6.45) is 1.39. The highest BCUT2D eigenvalue weighted by atomic mass is 16.3. The molecule has 1 N–H and O–H groups in total.